The Kier molecular flexibility index (Phi) is 4.61. The summed E-state index contributed by atoms with van der Waals surface area (Å²) in [6.45, 7) is 0. The summed E-state index contributed by atoms with van der Waals surface area (Å²) >= 11 is 5.69. The fourth-order valence-corrected chi connectivity index (χ4v) is 3.89. The van der Waals surface area contributed by atoms with E-state index in [2.05, 4.69) is 48.2 Å². The van der Waals surface area contributed by atoms with Crippen LogP contribution in [0.25, 0.3) is 22.2 Å². The number of hydrogen-bond donors (Lipinski definition) is 0. The van der Waals surface area contributed by atoms with Gasteiger partial charge < -0.3 is 4.74 Å². The zero-order chi connectivity index (χ0) is 15.7. The highest BCUT2D eigenvalue weighted by atomic mass is 127. The molecular weight excluding hydrogens is 477 g/mol. The minimum Gasteiger partial charge on any atom is -0.495 e. The van der Waals surface area contributed by atoms with Gasteiger partial charge in [0, 0.05) is 58.1 Å². The molecule has 0 N–H and O–H groups in total. The molecule has 2 aromatic heterocycles. The summed E-state index contributed by atoms with van der Waals surface area (Å²) < 4.78 is 8.14. The lowest BCUT2D eigenvalue weighted by Crippen LogP contribution is -1.88. The summed E-state index contributed by atoms with van der Waals surface area (Å²) in [7, 11) is 3.12. The maximum Gasteiger partial charge on any atom is 0.151 e. The molecule has 7 heteroatoms. The second kappa shape index (κ2) is 6.48. The van der Waals surface area contributed by atoms with E-state index in [1.54, 1.807) is 22.4 Å². The molecule has 0 aliphatic heterocycles. The van der Waals surface area contributed by atoms with Crippen molar-refractivity contribution in [2.45, 2.75) is 0 Å². The van der Waals surface area contributed by atoms with Gasteiger partial charge in [-0.1, -0.05) is 6.07 Å². The second-order valence-electron chi connectivity index (χ2n) is 4.49. The Morgan fingerprint density at radius 1 is 1.41 bits per heavy atom. The number of methoxy groups -OCH3 is 1. The summed E-state index contributed by atoms with van der Waals surface area (Å²) in [5, 5.41) is 10.3. The molecule has 0 saturated carbocycles. The summed E-state index contributed by atoms with van der Waals surface area (Å²) in [4.78, 5) is 4.47. The first-order valence-corrected chi connectivity index (χ1v) is 10.3. The Morgan fingerprint density at radius 3 is 2.91 bits per heavy atom. The molecule has 0 bridgehead atoms. The average Bonchev–Trinajstić information content (AvgIpc) is 2.91. The van der Waals surface area contributed by atoms with Crippen LogP contribution in [0.1, 0.15) is 5.56 Å². The van der Waals surface area contributed by atoms with Gasteiger partial charge in [0.15, 0.2) is 5.65 Å². The quantitative estimate of drug-likeness (QED) is 0.479. The molecule has 1 aromatic carbocycles. The Bertz CT molecular complexity index is 904. The maximum absolute atomic E-state index is 9.27. The number of rotatable bonds is 3. The molecule has 0 unspecified atom stereocenters. The molecular formula is C15H9BrIN3OS. The third-order valence-corrected chi connectivity index (χ3v) is 5.42. The van der Waals surface area contributed by atoms with E-state index in [1.165, 1.54) is 0 Å². The van der Waals surface area contributed by atoms with E-state index in [9.17, 15) is 5.26 Å². The van der Waals surface area contributed by atoms with Gasteiger partial charge in [-0.2, -0.15) is 5.26 Å². The summed E-state index contributed by atoms with van der Waals surface area (Å²) in [6, 6.07) is 9.83. The van der Waals surface area contributed by atoms with Gasteiger partial charge in [0.2, 0.25) is 0 Å². The van der Waals surface area contributed by atoms with Gasteiger partial charge in [0.25, 0.3) is 0 Å². The highest BCUT2D eigenvalue weighted by Crippen LogP contribution is 2.36. The number of hydrogen-bond acceptors (Lipinski definition) is 4. The summed E-state index contributed by atoms with van der Waals surface area (Å²) in [6.07, 6.45) is 3.81. The van der Waals surface area contributed by atoms with E-state index in [0.29, 0.717) is 11.3 Å². The lowest BCUT2D eigenvalue weighted by molar-refractivity contribution is 0.413. The predicted octanol–water partition coefficient (Wildman–Crippen LogP) is 5.19. The highest BCUT2D eigenvalue weighted by Gasteiger charge is 2.14. The van der Waals surface area contributed by atoms with Crippen LogP contribution < -0.4 is 4.74 Å². The van der Waals surface area contributed by atoms with Crippen LogP contribution in [0.15, 0.2) is 41.1 Å². The van der Waals surface area contributed by atoms with Gasteiger partial charge in [-0.3, -0.25) is 3.97 Å². The molecule has 0 radical (unpaired) electrons. The fourth-order valence-electron chi connectivity index (χ4n) is 2.30. The first-order chi connectivity index (χ1) is 10.7. The van der Waals surface area contributed by atoms with E-state index in [-0.39, 0.29) is 0 Å². The zero-order valence-electron chi connectivity index (χ0n) is 11.4. The van der Waals surface area contributed by atoms with Gasteiger partial charge in [-0.05, 0) is 39.7 Å². The molecule has 0 amide bonds. The number of halogens is 2. The molecule has 0 aliphatic carbocycles. The summed E-state index contributed by atoms with van der Waals surface area (Å²) in [5.74, 6) is 0.581. The zero-order valence-corrected chi connectivity index (χ0v) is 15.9. The van der Waals surface area contributed by atoms with E-state index in [4.69, 9.17) is 4.74 Å². The first-order valence-electron chi connectivity index (χ1n) is 6.22. The molecule has 22 heavy (non-hydrogen) atoms. The van der Waals surface area contributed by atoms with E-state index >= 15 is 0 Å². The largest absolute Gasteiger partial charge is 0.495 e. The van der Waals surface area contributed by atoms with Gasteiger partial charge in [0.05, 0.1) is 12.7 Å². The first kappa shape index (κ1) is 15.6. The lowest BCUT2D eigenvalue weighted by Gasteiger charge is -2.05. The monoisotopic (exact) mass is 485 g/mol. The standard InChI is InChI=1S/C15H9BrIN3OS/c1-21-14-3-2-9(4-10(14)6-18)13-8-20(22-17)15-12(13)5-11(16)7-19-15/h2-5,7-8H,1H3. The number of pyridine rings is 1. The van der Waals surface area contributed by atoms with Crippen molar-refractivity contribution in [3.63, 3.8) is 0 Å². The van der Waals surface area contributed by atoms with Crippen molar-refractivity contribution in [3.05, 3.63) is 46.7 Å². The van der Waals surface area contributed by atoms with Gasteiger partial charge in [-0.15, -0.1) is 0 Å². The number of benzene rings is 1. The molecule has 0 atom stereocenters. The van der Waals surface area contributed by atoms with E-state index in [1.807, 2.05) is 34.4 Å². The molecule has 0 saturated heterocycles. The van der Waals surface area contributed by atoms with Gasteiger partial charge in [-0.25, -0.2) is 4.98 Å². The molecule has 0 spiro atoms. The maximum atomic E-state index is 9.27. The minimum atomic E-state index is 0.519. The van der Waals surface area contributed by atoms with Crippen LogP contribution in [-0.4, -0.2) is 16.1 Å². The normalized spacial score (nSPS) is 10.6. The Balaban J connectivity index is 2.26. The lowest BCUT2D eigenvalue weighted by atomic mass is 10.0. The smallest absolute Gasteiger partial charge is 0.151 e. The predicted molar refractivity (Wildman–Crippen MR) is 101 cm³/mol. The number of nitrogens with zero attached hydrogens (tertiary/aromatic N) is 3. The van der Waals surface area contributed by atoms with E-state index in [0.717, 1.165) is 26.6 Å². The fraction of sp³-hybridized carbons (Fsp3) is 0.0667. The molecule has 0 fully saturated rings. The third-order valence-electron chi connectivity index (χ3n) is 3.28. The molecule has 4 nitrogen and oxygen atoms in total. The number of aromatic nitrogens is 2. The Labute approximate surface area is 152 Å². The van der Waals surface area contributed by atoms with Crippen molar-refractivity contribution >= 4 is 57.3 Å². The Morgan fingerprint density at radius 2 is 2.23 bits per heavy atom. The number of fused-ring (bicyclic) bond motifs is 1. The van der Waals surface area contributed by atoms with Crippen molar-refractivity contribution in [1.82, 2.24) is 8.96 Å². The number of nitriles is 1. The van der Waals surface area contributed by atoms with E-state index < -0.39 is 0 Å². The van der Waals surface area contributed by atoms with Crippen LogP contribution in [0.5, 0.6) is 5.75 Å². The Hall–Kier alpha value is -1.24. The van der Waals surface area contributed by atoms with Crippen molar-refractivity contribution in [3.8, 4) is 22.9 Å². The van der Waals surface area contributed by atoms with Crippen LogP contribution >= 0.6 is 46.3 Å². The van der Waals surface area contributed by atoms with Crippen LogP contribution in [0.2, 0.25) is 0 Å². The molecule has 3 rings (SSSR count). The van der Waals surface area contributed by atoms with Crippen molar-refractivity contribution in [1.29, 1.82) is 5.26 Å². The highest BCUT2D eigenvalue weighted by molar-refractivity contribution is 14.2. The topological polar surface area (TPSA) is 50.8 Å². The van der Waals surface area contributed by atoms with Crippen LogP contribution in [0, 0.1) is 11.3 Å². The molecule has 0 aliphatic rings. The van der Waals surface area contributed by atoms with Gasteiger partial charge >= 0.3 is 0 Å². The average molecular weight is 486 g/mol. The van der Waals surface area contributed by atoms with Crippen LogP contribution in [0.3, 0.4) is 0 Å². The summed E-state index contributed by atoms with van der Waals surface area (Å²) in [5.41, 5.74) is 3.41. The molecule has 110 valence electrons. The third kappa shape index (κ3) is 2.71. The second-order valence-corrected chi connectivity index (χ2v) is 7.12. The van der Waals surface area contributed by atoms with Crippen LogP contribution in [-0.2, 0) is 0 Å². The molecule has 2 heterocycles. The molecule has 3 aromatic rings. The van der Waals surface area contributed by atoms with Crippen molar-refractivity contribution in [2.75, 3.05) is 7.11 Å². The van der Waals surface area contributed by atoms with Gasteiger partial charge in [0.1, 0.15) is 11.8 Å². The van der Waals surface area contributed by atoms with Crippen LogP contribution in [0.4, 0.5) is 0 Å². The van der Waals surface area contributed by atoms with Crippen molar-refractivity contribution < 1.29 is 4.74 Å². The van der Waals surface area contributed by atoms with Crippen molar-refractivity contribution in [2.24, 2.45) is 0 Å². The minimum absolute atomic E-state index is 0.519. The number of ether oxygens (including phenoxy) is 1. The SMILES string of the molecule is COc1ccc(-c2cn(SI)c3ncc(Br)cc23)cc1C#N.